The van der Waals surface area contributed by atoms with E-state index in [9.17, 15) is 14.4 Å². The number of aromatic nitrogens is 1. The smallest absolute Gasteiger partial charge is 0.293 e. The second-order valence-electron chi connectivity index (χ2n) is 6.34. The number of amides is 2. The molecule has 1 atom stereocenters. The average Bonchev–Trinajstić information content (AvgIpc) is 3.03. The van der Waals surface area contributed by atoms with Crippen molar-refractivity contribution in [3.8, 4) is 5.75 Å². The molecule has 0 radical (unpaired) electrons. The number of rotatable bonds is 4. The number of nitrogens with zero attached hydrogens (tertiary/aromatic N) is 3. The van der Waals surface area contributed by atoms with Crippen LogP contribution in [0.25, 0.3) is 0 Å². The first kappa shape index (κ1) is 16.5. The van der Waals surface area contributed by atoms with E-state index in [2.05, 4.69) is 0 Å². The van der Waals surface area contributed by atoms with Crippen LogP contribution in [0.15, 0.2) is 23.1 Å². The van der Waals surface area contributed by atoms with Gasteiger partial charge in [0.15, 0.2) is 5.75 Å². The van der Waals surface area contributed by atoms with Crippen molar-refractivity contribution in [3.63, 3.8) is 0 Å². The number of piperidine rings is 1. The summed E-state index contributed by atoms with van der Waals surface area (Å²) in [5, 5.41) is 0. The van der Waals surface area contributed by atoms with Gasteiger partial charge >= 0.3 is 0 Å². The molecule has 2 fully saturated rings. The van der Waals surface area contributed by atoms with Crippen LogP contribution in [0.1, 0.15) is 25.7 Å². The Morgan fingerprint density at radius 3 is 2.83 bits per heavy atom. The summed E-state index contributed by atoms with van der Waals surface area (Å²) >= 11 is 0. The van der Waals surface area contributed by atoms with Gasteiger partial charge in [0.2, 0.25) is 11.8 Å². The third kappa shape index (κ3) is 3.29. The number of carbonyl (C=O) groups is 2. The Morgan fingerprint density at radius 1 is 1.29 bits per heavy atom. The fraction of sp³-hybridized carbons (Fsp3) is 0.588. The average molecular weight is 333 g/mol. The Kier molecular flexibility index (Phi) is 4.87. The monoisotopic (exact) mass is 333 g/mol. The Labute approximate surface area is 140 Å². The molecule has 3 heterocycles. The summed E-state index contributed by atoms with van der Waals surface area (Å²) < 4.78 is 6.37. The molecule has 0 bridgehead atoms. The van der Waals surface area contributed by atoms with Crippen LogP contribution in [-0.2, 0) is 16.1 Å². The minimum Gasteiger partial charge on any atom is -0.491 e. The van der Waals surface area contributed by atoms with Crippen LogP contribution in [0.5, 0.6) is 5.75 Å². The van der Waals surface area contributed by atoms with E-state index in [-0.39, 0.29) is 35.7 Å². The van der Waals surface area contributed by atoms with Crippen LogP contribution >= 0.6 is 0 Å². The number of hydrogen-bond acceptors (Lipinski definition) is 4. The van der Waals surface area contributed by atoms with Crippen molar-refractivity contribution in [2.24, 2.45) is 0 Å². The van der Waals surface area contributed by atoms with E-state index >= 15 is 0 Å². The molecule has 0 spiro atoms. The zero-order valence-corrected chi connectivity index (χ0v) is 13.9. The van der Waals surface area contributed by atoms with Crippen molar-refractivity contribution >= 4 is 11.8 Å². The van der Waals surface area contributed by atoms with Crippen molar-refractivity contribution < 1.29 is 14.3 Å². The first-order valence-electron chi connectivity index (χ1n) is 8.41. The maximum absolute atomic E-state index is 12.6. The highest BCUT2D eigenvalue weighted by Gasteiger charge is 2.32. The van der Waals surface area contributed by atoms with E-state index < -0.39 is 0 Å². The van der Waals surface area contributed by atoms with E-state index in [1.54, 1.807) is 23.2 Å². The first-order valence-corrected chi connectivity index (χ1v) is 8.41. The van der Waals surface area contributed by atoms with Gasteiger partial charge in [0.05, 0.1) is 7.11 Å². The maximum Gasteiger partial charge on any atom is 0.293 e. The zero-order chi connectivity index (χ0) is 17.1. The summed E-state index contributed by atoms with van der Waals surface area (Å²) in [4.78, 5) is 40.3. The fourth-order valence-corrected chi connectivity index (χ4v) is 3.53. The maximum atomic E-state index is 12.6. The van der Waals surface area contributed by atoms with E-state index in [1.807, 2.05) is 4.90 Å². The standard InChI is InChI=1S/C17H23N3O4/c1-24-14-6-3-9-19(17(14)23)12-16(22)18-8-2-5-13(11-18)20-10-4-7-15(20)21/h3,6,9,13H,2,4-5,7-8,10-12H2,1H3/t13-/m1/s1. The van der Waals surface area contributed by atoms with E-state index in [0.717, 1.165) is 25.8 Å². The molecule has 1 aromatic rings. The molecule has 2 aliphatic rings. The molecule has 0 saturated carbocycles. The Hall–Kier alpha value is -2.31. The minimum atomic E-state index is -0.309. The number of ether oxygens (including phenoxy) is 1. The van der Waals surface area contributed by atoms with Crippen molar-refractivity contribution in [2.45, 2.75) is 38.3 Å². The van der Waals surface area contributed by atoms with Crippen LogP contribution in [0.3, 0.4) is 0 Å². The molecule has 2 saturated heterocycles. The number of hydrogen-bond donors (Lipinski definition) is 0. The highest BCUT2D eigenvalue weighted by molar-refractivity contribution is 5.79. The van der Waals surface area contributed by atoms with Gasteiger partial charge in [-0.2, -0.15) is 0 Å². The molecule has 130 valence electrons. The van der Waals surface area contributed by atoms with Crippen LogP contribution in [-0.4, -0.2) is 59.0 Å². The molecule has 7 heteroatoms. The van der Waals surface area contributed by atoms with Crippen molar-refractivity contribution in [1.82, 2.24) is 14.4 Å². The SMILES string of the molecule is COc1cccn(CC(=O)N2CCC[C@@H](N3CCCC3=O)C2)c1=O. The third-order valence-electron chi connectivity index (χ3n) is 4.81. The first-order chi connectivity index (χ1) is 11.6. The molecule has 0 aliphatic carbocycles. The van der Waals surface area contributed by atoms with Gasteiger partial charge in [-0.3, -0.25) is 14.4 Å². The zero-order valence-electron chi connectivity index (χ0n) is 13.9. The number of pyridine rings is 1. The van der Waals surface area contributed by atoms with E-state index in [0.29, 0.717) is 19.5 Å². The van der Waals surface area contributed by atoms with Crippen LogP contribution < -0.4 is 10.3 Å². The topological polar surface area (TPSA) is 71.8 Å². The largest absolute Gasteiger partial charge is 0.491 e. The highest BCUT2D eigenvalue weighted by atomic mass is 16.5. The molecule has 0 aromatic carbocycles. The van der Waals surface area contributed by atoms with Crippen molar-refractivity contribution in [1.29, 1.82) is 0 Å². The molecule has 2 amide bonds. The van der Waals surface area contributed by atoms with Gasteiger partial charge in [0, 0.05) is 38.3 Å². The Bertz CT molecular complexity index is 685. The van der Waals surface area contributed by atoms with Crippen molar-refractivity contribution in [3.05, 3.63) is 28.7 Å². The van der Waals surface area contributed by atoms with Crippen molar-refractivity contribution in [2.75, 3.05) is 26.7 Å². The van der Waals surface area contributed by atoms with Gasteiger partial charge in [-0.25, -0.2) is 0 Å². The summed E-state index contributed by atoms with van der Waals surface area (Å²) in [6, 6.07) is 3.38. The van der Waals surface area contributed by atoms with Gasteiger partial charge in [-0.05, 0) is 31.4 Å². The predicted molar refractivity (Wildman–Crippen MR) is 87.8 cm³/mol. The summed E-state index contributed by atoms with van der Waals surface area (Å²) in [7, 11) is 1.44. The molecule has 24 heavy (non-hydrogen) atoms. The van der Waals surface area contributed by atoms with E-state index in [4.69, 9.17) is 4.74 Å². The fourth-order valence-electron chi connectivity index (χ4n) is 3.53. The van der Waals surface area contributed by atoms with Gasteiger partial charge in [-0.15, -0.1) is 0 Å². The lowest BCUT2D eigenvalue weighted by atomic mass is 10.0. The molecular formula is C17H23N3O4. The lowest BCUT2D eigenvalue weighted by Gasteiger charge is -2.37. The second-order valence-corrected chi connectivity index (χ2v) is 6.34. The predicted octanol–water partition coefficient (Wildman–Crippen LogP) is 0.470. The normalized spacial score (nSPS) is 21.2. The third-order valence-corrected chi connectivity index (χ3v) is 4.81. The van der Waals surface area contributed by atoms with Crippen LogP contribution in [0.2, 0.25) is 0 Å². The Balaban J connectivity index is 1.67. The quantitative estimate of drug-likeness (QED) is 0.803. The van der Waals surface area contributed by atoms with Gasteiger partial charge in [0.1, 0.15) is 6.54 Å². The second kappa shape index (κ2) is 7.07. The number of likely N-dealkylation sites (tertiary alicyclic amines) is 2. The number of carbonyl (C=O) groups excluding carboxylic acids is 2. The lowest BCUT2D eigenvalue weighted by Crippen LogP contribution is -2.51. The molecule has 2 aliphatic heterocycles. The Morgan fingerprint density at radius 2 is 2.12 bits per heavy atom. The summed E-state index contributed by atoms with van der Waals surface area (Å²) in [6.45, 7) is 2.02. The number of methoxy groups -OCH3 is 1. The molecule has 0 N–H and O–H groups in total. The molecule has 3 rings (SSSR count). The lowest BCUT2D eigenvalue weighted by molar-refractivity contribution is -0.138. The van der Waals surface area contributed by atoms with Crippen LogP contribution in [0, 0.1) is 0 Å². The molecule has 7 nitrogen and oxygen atoms in total. The van der Waals surface area contributed by atoms with Gasteiger partial charge in [-0.1, -0.05) is 0 Å². The highest BCUT2D eigenvalue weighted by Crippen LogP contribution is 2.21. The molecule has 0 unspecified atom stereocenters. The summed E-state index contributed by atoms with van der Waals surface area (Å²) in [5.41, 5.74) is -0.309. The van der Waals surface area contributed by atoms with Crippen LogP contribution in [0.4, 0.5) is 0 Å². The molecular weight excluding hydrogens is 310 g/mol. The summed E-state index contributed by atoms with van der Waals surface area (Å²) in [6.07, 6.45) is 4.93. The molecule has 1 aromatic heterocycles. The van der Waals surface area contributed by atoms with Gasteiger partial charge in [0.25, 0.3) is 5.56 Å². The van der Waals surface area contributed by atoms with Gasteiger partial charge < -0.3 is 19.1 Å². The van der Waals surface area contributed by atoms with E-state index in [1.165, 1.54) is 11.7 Å². The minimum absolute atomic E-state index is 0.00327. The summed E-state index contributed by atoms with van der Waals surface area (Å²) in [5.74, 6) is 0.324.